The Kier molecular flexibility index (Phi) is 7.65. The highest BCUT2D eigenvalue weighted by atomic mass is 32.2. The van der Waals surface area contributed by atoms with Gasteiger partial charge in [-0.25, -0.2) is 9.79 Å². The molecule has 0 aliphatic carbocycles. The van der Waals surface area contributed by atoms with Crippen LogP contribution in [-0.2, 0) is 6.54 Å². The first-order valence-electron chi connectivity index (χ1n) is 9.40. The van der Waals surface area contributed by atoms with Crippen molar-refractivity contribution in [1.82, 2.24) is 14.7 Å². The fraction of sp³-hybridized carbons (Fsp3) is 0.350. The number of rotatable bonds is 7. The Morgan fingerprint density at radius 2 is 1.81 bits per heavy atom. The quantitative estimate of drug-likeness (QED) is 0.374. The molecule has 0 unspecified atom stereocenters. The van der Waals surface area contributed by atoms with Crippen LogP contribution < -0.4 is 15.0 Å². The fourth-order valence-corrected chi connectivity index (χ4v) is 4.26. The molecule has 0 radical (unpaired) electrons. The predicted molar refractivity (Wildman–Crippen MR) is 108 cm³/mol. The van der Waals surface area contributed by atoms with Crippen molar-refractivity contribution >= 4 is 17.9 Å². The van der Waals surface area contributed by atoms with Gasteiger partial charge in [-0.05, 0) is 41.8 Å². The van der Waals surface area contributed by atoms with Crippen LogP contribution in [0.4, 0.5) is 13.2 Å². The van der Waals surface area contributed by atoms with Gasteiger partial charge >= 0.3 is 6.36 Å². The zero-order chi connectivity index (χ0) is 22.4. The van der Waals surface area contributed by atoms with Crippen molar-refractivity contribution < 1.29 is 32.6 Å². The molecule has 1 saturated heterocycles. The van der Waals surface area contributed by atoms with Gasteiger partial charge in [0.2, 0.25) is 0 Å². The second kappa shape index (κ2) is 10.2. The molecule has 7 nitrogen and oxygen atoms in total. The zero-order valence-corrected chi connectivity index (χ0v) is 17.5. The number of ether oxygens (including phenoxy) is 2. The van der Waals surface area contributed by atoms with E-state index in [1.54, 1.807) is 35.8 Å². The minimum absolute atomic E-state index is 0.238. The number of hydroxylamine groups is 1. The Morgan fingerprint density at radius 3 is 2.39 bits per heavy atom. The van der Waals surface area contributed by atoms with Crippen molar-refractivity contribution in [2.24, 2.45) is 0 Å². The van der Waals surface area contributed by atoms with Crippen molar-refractivity contribution in [3.8, 4) is 11.5 Å². The highest BCUT2D eigenvalue weighted by Crippen LogP contribution is 2.33. The third-order valence-corrected chi connectivity index (χ3v) is 5.82. The number of piperazine rings is 1. The minimum Gasteiger partial charge on any atom is -0.496 e. The van der Waals surface area contributed by atoms with Gasteiger partial charge in [0.05, 0.1) is 12.7 Å². The van der Waals surface area contributed by atoms with E-state index in [2.05, 4.69) is 13.9 Å². The van der Waals surface area contributed by atoms with E-state index in [9.17, 15) is 18.0 Å². The Morgan fingerprint density at radius 1 is 1.13 bits per heavy atom. The molecule has 11 heteroatoms. The number of amides is 1. The zero-order valence-electron chi connectivity index (χ0n) is 16.7. The van der Waals surface area contributed by atoms with Gasteiger partial charge in [-0.2, -0.15) is 0 Å². The van der Waals surface area contributed by atoms with E-state index in [-0.39, 0.29) is 11.3 Å². The van der Waals surface area contributed by atoms with Gasteiger partial charge in [-0.15, -0.1) is 13.2 Å². The third kappa shape index (κ3) is 6.50. The molecule has 1 aliphatic heterocycles. The smallest absolute Gasteiger partial charge is 0.496 e. The summed E-state index contributed by atoms with van der Waals surface area (Å²) in [6.45, 7) is 3.55. The van der Waals surface area contributed by atoms with Crippen LogP contribution in [0.3, 0.4) is 0 Å². The molecular formula is C20H22F3N3O4S. The van der Waals surface area contributed by atoms with Gasteiger partial charge in [0.1, 0.15) is 11.5 Å². The molecule has 1 fully saturated rings. The maximum absolute atomic E-state index is 12.3. The molecule has 0 saturated carbocycles. The first-order valence-corrected chi connectivity index (χ1v) is 10.2. The summed E-state index contributed by atoms with van der Waals surface area (Å²) in [7, 11) is 1.46. The van der Waals surface area contributed by atoms with Crippen LogP contribution in [0.5, 0.6) is 11.5 Å². The van der Waals surface area contributed by atoms with Crippen LogP contribution in [-0.4, -0.2) is 60.0 Å². The largest absolute Gasteiger partial charge is 0.573 e. The molecule has 1 amide bonds. The molecule has 2 aromatic rings. The summed E-state index contributed by atoms with van der Waals surface area (Å²) in [4.78, 5) is 14.9. The number of nitrogens with zero attached hydrogens (tertiary/aromatic N) is 2. The maximum Gasteiger partial charge on any atom is 0.573 e. The van der Waals surface area contributed by atoms with Gasteiger partial charge in [0, 0.05) is 37.6 Å². The summed E-state index contributed by atoms with van der Waals surface area (Å²) in [5.74, 6) is -0.511. The lowest BCUT2D eigenvalue weighted by molar-refractivity contribution is -0.274. The molecule has 0 atom stereocenters. The average molecular weight is 457 g/mol. The van der Waals surface area contributed by atoms with Gasteiger partial charge < -0.3 is 9.47 Å². The normalized spacial score (nSPS) is 15.5. The third-order valence-electron chi connectivity index (χ3n) is 4.66. The van der Waals surface area contributed by atoms with Gasteiger partial charge in [0.15, 0.2) is 0 Å². The first-order chi connectivity index (χ1) is 14.8. The van der Waals surface area contributed by atoms with E-state index >= 15 is 0 Å². The highest BCUT2D eigenvalue weighted by Gasteiger charge is 2.31. The van der Waals surface area contributed by atoms with E-state index in [1.165, 1.54) is 31.2 Å². The lowest BCUT2D eigenvalue weighted by Gasteiger charge is -2.34. The van der Waals surface area contributed by atoms with Crippen molar-refractivity contribution in [3.63, 3.8) is 0 Å². The van der Waals surface area contributed by atoms with Crippen LogP contribution in [0.15, 0.2) is 47.4 Å². The van der Waals surface area contributed by atoms with E-state index in [1.807, 2.05) is 0 Å². The van der Waals surface area contributed by atoms with Gasteiger partial charge in [-0.3, -0.25) is 14.9 Å². The summed E-state index contributed by atoms with van der Waals surface area (Å²) >= 11 is 1.41. The number of hydrogen-bond donors (Lipinski definition) is 2. The molecule has 0 bridgehead atoms. The molecule has 168 valence electrons. The minimum atomic E-state index is -4.70. The first kappa shape index (κ1) is 23.2. The molecule has 1 aliphatic rings. The number of carbonyl (C=O) groups excluding carboxylic acids is 1. The van der Waals surface area contributed by atoms with E-state index in [4.69, 9.17) is 9.94 Å². The van der Waals surface area contributed by atoms with Crippen molar-refractivity contribution in [2.75, 3.05) is 33.3 Å². The summed E-state index contributed by atoms with van der Waals surface area (Å²) in [6, 6.07) is 11.1. The summed E-state index contributed by atoms with van der Waals surface area (Å²) < 4.78 is 48.0. The second-order valence-corrected chi connectivity index (χ2v) is 7.90. The molecule has 31 heavy (non-hydrogen) atoms. The standard InChI is InChI=1S/C20H22F3N3O4S/c1-29-16-3-2-4-17(18(16)19(27)24-28)31-26-11-9-25(10-12-26)13-14-5-7-15(8-6-14)30-20(21,22)23/h2-8,28H,9-13H2,1H3,(H,24,27). The van der Waals surface area contributed by atoms with Crippen LogP contribution in [0.2, 0.25) is 0 Å². The Hall–Kier alpha value is -2.47. The predicted octanol–water partition coefficient (Wildman–Crippen LogP) is 3.54. The van der Waals surface area contributed by atoms with Crippen molar-refractivity contribution in [3.05, 3.63) is 53.6 Å². The number of carbonyl (C=O) groups is 1. The lowest BCUT2D eigenvalue weighted by Crippen LogP contribution is -2.42. The topological polar surface area (TPSA) is 74.3 Å². The van der Waals surface area contributed by atoms with Crippen LogP contribution in [0, 0.1) is 0 Å². The van der Waals surface area contributed by atoms with Crippen LogP contribution in [0.1, 0.15) is 15.9 Å². The average Bonchev–Trinajstić information content (AvgIpc) is 2.74. The molecule has 0 aromatic heterocycles. The van der Waals surface area contributed by atoms with Crippen molar-refractivity contribution in [1.29, 1.82) is 0 Å². The molecule has 3 rings (SSSR count). The summed E-state index contributed by atoms with van der Waals surface area (Å²) in [5.41, 5.74) is 2.81. The monoisotopic (exact) mass is 457 g/mol. The van der Waals surface area contributed by atoms with E-state index < -0.39 is 12.3 Å². The second-order valence-electron chi connectivity index (χ2n) is 6.76. The van der Waals surface area contributed by atoms with Crippen molar-refractivity contribution in [2.45, 2.75) is 17.8 Å². The van der Waals surface area contributed by atoms with E-state index in [0.29, 0.717) is 17.2 Å². The summed E-state index contributed by atoms with van der Waals surface area (Å²) in [6.07, 6.45) is -4.70. The Labute approximate surface area is 181 Å². The van der Waals surface area contributed by atoms with Gasteiger partial charge in [-0.1, -0.05) is 18.2 Å². The fourth-order valence-electron chi connectivity index (χ4n) is 3.21. The van der Waals surface area contributed by atoms with Gasteiger partial charge in [0.25, 0.3) is 5.91 Å². The summed E-state index contributed by atoms with van der Waals surface area (Å²) in [5, 5.41) is 9.04. The molecule has 1 heterocycles. The number of hydrogen-bond acceptors (Lipinski definition) is 7. The number of halogens is 3. The molecule has 2 N–H and O–H groups in total. The maximum atomic E-state index is 12.3. The Bertz CT molecular complexity index is 888. The lowest BCUT2D eigenvalue weighted by atomic mass is 10.2. The highest BCUT2D eigenvalue weighted by molar-refractivity contribution is 7.97. The molecular weight excluding hydrogens is 435 g/mol. The molecule has 0 spiro atoms. The number of benzene rings is 2. The SMILES string of the molecule is COc1cccc(SN2CCN(Cc3ccc(OC(F)(F)F)cc3)CC2)c1C(=O)NO. The number of methoxy groups -OCH3 is 1. The van der Waals surface area contributed by atoms with Crippen LogP contribution >= 0.6 is 11.9 Å². The number of alkyl halides is 3. The van der Waals surface area contributed by atoms with Crippen LogP contribution in [0.25, 0.3) is 0 Å². The number of nitrogens with one attached hydrogen (secondary N) is 1. The van der Waals surface area contributed by atoms with E-state index in [0.717, 1.165) is 31.7 Å². The molecule has 2 aromatic carbocycles. The Balaban J connectivity index is 1.55.